The van der Waals surface area contributed by atoms with Crippen molar-refractivity contribution in [1.82, 2.24) is 20.4 Å². The van der Waals surface area contributed by atoms with Crippen molar-refractivity contribution in [3.8, 4) is 11.6 Å². The van der Waals surface area contributed by atoms with E-state index in [0.717, 1.165) is 25.9 Å². The van der Waals surface area contributed by atoms with Gasteiger partial charge < -0.3 is 19.0 Å². The van der Waals surface area contributed by atoms with Gasteiger partial charge in [-0.2, -0.15) is 4.98 Å². The maximum absolute atomic E-state index is 11.5. The first-order valence-corrected chi connectivity index (χ1v) is 7.61. The predicted octanol–water partition coefficient (Wildman–Crippen LogP) is 1.06. The second kappa shape index (κ2) is 7.38. The van der Waals surface area contributed by atoms with Gasteiger partial charge in [0.1, 0.15) is 6.61 Å². The Morgan fingerprint density at radius 1 is 1.48 bits per heavy atom. The van der Waals surface area contributed by atoms with Gasteiger partial charge in [0, 0.05) is 26.2 Å². The highest BCUT2D eigenvalue weighted by Crippen LogP contribution is 2.18. The molecular formula is C15H20N4O4. The standard InChI is InChI=1S/C15H20N4O4/c1-21-10-13(20)16-11-4-6-19(7-5-11)9-14-17-15(18-23-14)12-3-2-8-22-12/h2-3,8,11H,4-7,9-10H2,1H3,(H,16,20). The maximum atomic E-state index is 11.5. The van der Waals surface area contributed by atoms with Crippen LogP contribution in [-0.2, 0) is 16.1 Å². The van der Waals surface area contributed by atoms with Gasteiger partial charge in [-0.05, 0) is 25.0 Å². The molecule has 8 heteroatoms. The molecule has 3 rings (SSSR count). The summed E-state index contributed by atoms with van der Waals surface area (Å²) >= 11 is 0. The fraction of sp³-hybridized carbons (Fsp3) is 0.533. The smallest absolute Gasteiger partial charge is 0.246 e. The van der Waals surface area contributed by atoms with Crippen LogP contribution in [-0.4, -0.2) is 53.8 Å². The number of nitrogens with zero attached hydrogens (tertiary/aromatic N) is 3. The van der Waals surface area contributed by atoms with Crippen LogP contribution in [0.3, 0.4) is 0 Å². The van der Waals surface area contributed by atoms with Gasteiger partial charge in [0.25, 0.3) is 0 Å². The van der Waals surface area contributed by atoms with Crippen LogP contribution in [0.1, 0.15) is 18.7 Å². The molecule has 0 radical (unpaired) electrons. The van der Waals surface area contributed by atoms with Crippen LogP contribution < -0.4 is 5.32 Å². The molecule has 3 heterocycles. The summed E-state index contributed by atoms with van der Waals surface area (Å²) in [5, 5.41) is 6.89. The third-order valence-corrected chi connectivity index (χ3v) is 3.80. The molecule has 1 aliphatic rings. The number of nitrogens with one attached hydrogen (secondary N) is 1. The Hall–Kier alpha value is -2.19. The third-order valence-electron chi connectivity index (χ3n) is 3.80. The molecule has 0 aliphatic carbocycles. The Morgan fingerprint density at radius 3 is 3.00 bits per heavy atom. The van der Waals surface area contributed by atoms with E-state index in [1.165, 1.54) is 7.11 Å². The van der Waals surface area contributed by atoms with E-state index < -0.39 is 0 Å². The maximum Gasteiger partial charge on any atom is 0.246 e. The van der Waals surface area contributed by atoms with Gasteiger partial charge in [-0.3, -0.25) is 9.69 Å². The van der Waals surface area contributed by atoms with Crippen molar-refractivity contribution in [3.05, 3.63) is 24.3 Å². The number of hydrogen-bond donors (Lipinski definition) is 1. The minimum Gasteiger partial charge on any atom is -0.461 e. The fourth-order valence-corrected chi connectivity index (χ4v) is 2.65. The Bertz CT molecular complexity index is 617. The lowest BCUT2D eigenvalue weighted by atomic mass is 10.1. The number of piperidine rings is 1. The van der Waals surface area contributed by atoms with Crippen molar-refractivity contribution in [2.45, 2.75) is 25.4 Å². The molecule has 0 spiro atoms. The van der Waals surface area contributed by atoms with Crippen molar-refractivity contribution in [2.75, 3.05) is 26.8 Å². The zero-order valence-electron chi connectivity index (χ0n) is 13.0. The molecule has 23 heavy (non-hydrogen) atoms. The molecule has 1 aliphatic heterocycles. The minimum absolute atomic E-state index is 0.0639. The van der Waals surface area contributed by atoms with E-state index in [-0.39, 0.29) is 18.6 Å². The summed E-state index contributed by atoms with van der Waals surface area (Å²) in [6.07, 6.45) is 3.37. The molecule has 2 aromatic rings. The molecule has 1 N–H and O–H groups in total. The topological polar surface area (TPSA) is 93.6 Å². The number of carbonyl (C=O) groups is 1. The highest BCUT2D eigenvalue weighted by atomic mass is 16.5. The molecule has 0 bridgehead atoms. The summed E-state index contributed by atoms with van der Waals surface area (Å²) in [7, 11) is 1.52. The number of amides is 1. The van der Waals surface area contributed by atoms with E-state index in [1.54, 1.807) is 18.4 Å². The second-order valence-corrected chi connectivity index (χ2v) is 5.54. The van der Waals surface area contributed by atoms with Crippen LogP contribution >= 0.6 is 0 Å². The SMILES string of the molecule is COCC(=O)NC1CCN(Cc2nc(-c3ccco3)no2)CC1. The van der Waals surface area contributed by atoms with E-state index in [9.17, 15) is 4.79 Å². The highest BCUT2D eigenvalue weighted by molar-refractivity contribution is 5.77. The van der Waals surface area contributed by atoms with E-state index in [2.05, 4.69) is 20.4 Å². The van der Waals surface area contributed by atoms with Gasteiger partial charge in [0.15, 0.2) is 5.76 Å². The van der Waals surface area contributed by atoms with Gasteiger partial charge in [-0.1, -0.05) is 5.16 Å². The number of ether oxygens (including phenoxy) is 1. The summed E-state index contributed by atoms with van der Waals surface area (Å²) in [4.78, 5) is 18.1. The van der Waals surface area contributed by atoms with Crippen LogP contribution in [0.4, 0.5) is 0 Å². The van der Waals surface area contributed by atoms with Crippen molar-refractivity contribution in [3.63, 3.8) is 0 Å². The number of aromatic nitrogens is 2. The lowest BCUT2D eigenvalue weighted by Crippen LogP contribution is -2.45. The summed E-state index contributed by atoms with van der Waals surface area (Å²) in [5.41, 5.74) is 0. The molecule has 0 unspecified atom stereocenters. The molecule has 0 aromatic carbocycles. The quantitative estimate of drug-likeness (QED) is 0.850. The van der Waals surface area contributed by atoms with E-state index >= 15 is 0 Å². The number of hydrogen-bond acceptors (Lipinski definition) is 7. The number of likely N-dealkylation sites (tertiary alicyclic amines) is 1. The average molecular weight is 320 g/mol. The average Bonchev–Trinajstić information content (AvgIpc) is 3.20. The van der Waals surface area contributed by atoms with Gasteiger partial charge >= 0.3 is 0 Å². The molecule has 1 amide bonds. The molecule has 2 aromatic heterocycles. The summed E-state index contributed by atoms with van der Waals surface area (Å²) in [6.45, 7) is 2.46. The van der Waals surface area contributed by atoms with Gasteiger partial charge in [-0.25, -0.2) is 0 Å². The molecule has 1 fully saturated rings. The summed E-state index contributed by atoms with van der Waals surface area (Å²) < 4.78 is 15.3. The lowest BCUT2D eigenvalue weighted by molar-refractivity contribution is -0.125. The Balaban J connectivity index is 1.46. The van der Waals surface area contributed by atoms with Gasteiger partial charge in [0.05, 0.1) is 12.8 Å². The highest BCUT2D eigenvalue weighted by Gasteiger charge is 2.22. The monoisotopic (exact) mass is 320 g/mol. The molecule has 124 valence electrons. The fourth-order valence-electron chi connectivity index (χ4n) is 2.65. The molecule has 8 nitrogen and oxygen atoms in total. The number of methoxy groups -OCH3 is 1. The zero-order valence-corrected chi connectivity index (χ0v) is 13.0. The third kappa shape index (κ3) is 4.17. The van der Waals surface area contributed by atoms with Crippen molar-refractivity contribution < 1.29 is 18.5 Å². The van der Waals surface area contributed by atoms with Crippen LogP contribution in [0.5, 0.6) is 0 Å². The Labute approximate surface area is 133 Å². The molecular weight excluding hydrogens is 300 g/mol. The number of furan rings is 1. The lowest BCUT2D eigenvalue weighted by Gasteiger charge is -2.31. The first-order chi connectivity index (χ1) is 11.2. The zero-order chi connectivity index (χ0) is 16.1. The second-order valence-electron chi connectivity index (χ2n) is 5.54. The van der Waals surface area contributed by atoms with Crippen LogP contribution in [0, 0.1) is 0 Å². The van der Waals surface area contributed by atoms with Gasteiger partial charge in [0.2, 0.25) is 17.6 Å². The Morgan fingerprint density at radius 2 is 2.30 bits per heavy atom. The van der Waals surface area contributed by atoms with E-state index in [4.69, 9.17) is 13.7 Å². The van der Waals surface area contributed by atoms with E-state index in [0.29, 0.717) is 24.0 Å². The largest absolute Gasteiger partial charge is 0.461 e. The van der Waals surface area contributed by atoms with Crippen molar-refractivity contribution >= 4 is 5.91 Å². The van der Waals surface area contributed by atoms with Crippen LogP contribution in [0.15, 0.2) is 27.3 Å². The molecule has 0 atom stereocenters. The van der Waals surface area contributed by atoms with Crippen LogP contribution in [0.2, 0.25) is 0 Å². The minimum atomic E-state index is -0.0639. The van der Waals surface area contributed by atoms with Crippen LogP contribution in [0.25, 0.3) is 11.6 Å². The predicted molar refractivity (Wildman–Crippen MR) is 80.3 cm³/mol. The summed E-state index contributed by atoms with van der Waals surface area (Å²) in [6, 6.07) is 3.78. The van der Waals surface area contributed by atoms with Crippen molar-refractivity contribution in [2.24, 2.45) is 0 Å². The van der Waals surface area contributed by atoms with E-state index in [1.807, 2.05) is 0 Å². The summed E-state index contributed by atoms with van der Waals surface area (Å²) in [5.74, 6) is 1.57. The number of carbonyl (C=O) groups excluding carboxylic acids is 1. The van der Waals surface area contributed by atoms with Gasteiger partial charge in [-0.15, -0.1) is 0 Å². The normalized spacial score (nSPS) is 16.6. The van der Waals surface area contributed by atoms with Crippen molar-refractivity contribution in [1.29, 1.82) is 0 Å². The number of rotatable bonds is 6. The molecule has 0 saturated carbocycles. The first-order valence-electron chi connectivity index (χ1n) is 7.61. The first kappa shape index (κ1) is 15.7. The molecule has 1 saturated heterocycles. The Kier molecular flexibility index (Phi) is 5.04.